The zero-order valence-corrected chi connectivity index (χ0v) is 12.0. The van der Waals surface area contributed by atoms with Gasteiger partial charge in [-0.1, -0.05) is 20.8 Å². The first-order valence-electron chi connectivity index (χ1n) is 7.13. The third-order valence-corrected chi connectivity index (χ3v) is 5.17. The summed E-state index contributed by atoms with van der Waals surface area (Å²) >= 11 is 0. The molecule has 1 heterocycles. The van der Waals surface area contributed by atoms with E-state index in [-0.39, 0.29) is 17.3 Å². The molecule has 0 radical (unpaired) electrons. The van der Waals surface area contributed by atoms with Gasteiger partial charge >= 0.3 is 5.97 Å². The van der Waals surface area contributed by atoms with E-state index in [0.717, 1.165) is 16.7 Å². The molecule has 4 atom stereocenters. The van der Waals surface area contributed by atoms with Crippen molar-refractivity contribution in [3.05, 3.63) is 34.6 Å². The predicted molar refractivity (Wildman–Crippen MR) is 73.5 cm³/mol. The Labute approximate surface area is 118 Å². The molecular formula is C16H20O4. The van der Waals surface area contributed by atoms with Crippen molar-refractivity contribution < 1.29 is 19.7 Å². The van der Waals surface area contributed by atoms with Crippen LogP contribution in [-0.4, -0.2) is 28.4 Å². The molecule has 0 fully saturated rings. The Hall–Kier alpha value is -1.39. The van der Waals surface area contributed by atoms with Crippen LogP contribution >= 0.6 is 0 Å². The fraction of sp³-hybridized carbons (Fsp3) is 0.562. The number of ether oxygens (including phenoxy) is 1. The lowest BCUT2D eigenvalue weighted by molar-refractivity contribution is -0.133. The van der Waals surface area contributed by atoms with Crippen LogP contribution in [0.5, 0.6) is 0 Å². The van der Waals surface area contributed by atoms with E-state index in [2.05, 4.69) is 6.92 Å². The molecule has 2 aliphatic carbocycles. The van der Waals surface area contributed by atoms with Gasteiger partial charge < -0.3 is 14.9 Å². The number of allylic oxidation sites excluding steroid dienone is 3. The number of esters is 1. The van der Waals surface area contributed by atoms with Gasteiger partial charge in [0.15, 0.2) is 0 Å². The standard InChI is InChI=1S/C16H20O4/c1-4-10-11-7-16(3)8(2)14(18)12(17)5-9(16)6-13(11)20-15(10)19/h5-6,8,12,14,17-18H,4,7H2,1-3H3. The number of rotatable bonds is 1. The smallest absolute Gasteiger partial charge is 0.339 e. The van der Waals surface area contributed by atoms with Gasteiger partial charge in [0, 0.05) is 16.6 Å². The van der Waals surface area contributed by atoms with Gasteiger partial charge in [-0.25, -0.2) is 4.79 Å². The van der Waals surface area contributed by atoms with E-state index in [0.29, 0.717) is 18.6 Å². The predicted octanol–water partition coefficient (Wildman–Crippen LogP) is 1.84. The summed E-state index contributed by atoms with van der Waals surface area (Å²) in [5.74, 6) is 0.272. The van der Waals surface area contributed by atoms with Crippen molar-refractivity contribution in [1.82, 2.24) is 0 Å². The quantitative estimate of drug-likeness (QED) is 0.717. The number of carbonyl (C=O) groups excluding carboxylic acids is 1. The number of fused-ring (bicyclic) bond motifs is 2. The zero-order valence-electron chi connectivity index (χ0n) is 12.0. The summed E-state index contributed by atoms with van der Waals surface area (Å²) in [5.41, 5.74) is 2.38. The van der Waals surface area contributed by atoms with Crippen LogP contribution < -0.4 is 0 Å². The second kappa shape index (κ2) is 4.30. The summed E-state index contributed by atoms with van der Waals surface area (Å²) in [4.78, 5) is 11.9. The van der Waals surface area contributed by atoms with Gasteiger partial charge in [0.05, 0.1) is 12.2 Å². The summed E-state index contributed by atoms with van der Waals surface area (Å²) in [7, 11) is 0. The molecule has 4 unspecified atom stereocenters. The molecule has 0 saturated heterocycles. The van der Waals surface area contributed by atoms with Gasteiger partial charge in [0.25, 0.3) is 0 Å². The van der Waals surface area contributed by atoms with Gasteiger partial charge in [-0.05, 0) is 36.5 Å². The summed E-state index contributed by atoms with van der Waals surface area (Å²) in [5, 5.41) is 20.1. The fourth-order valence-electron chi connectivity index (χ4n) is 3.56. The van der Waals surface area contributed by atoms with Crippen LogP contribution in [0.3, 0.4) is 0 Å². The molecule has 108 valence electrons. The second-order valence-electron chi connectivity index (χ2n) is 6.19. The fourth-order valence-corrected chi connectivity index (χ4v) is 3.56. The van der Waals surface area contributed by atoms with Crippen LogP contribution in [0.4, 0.5) is 0 Å². The molecule has 1 aliphatic heterocycles. The number of aliphatic hydroxyl groups is 2. The number of hydrogen-bond donors (Lipinski definition) is 2. The van der Waals surface area contributed by atoms with Crippen LogP contribution in [0.2, 0.25) is 0 Å². The Morgan fingerprint density at radius 2 is 2.15 bits per heavy atom. The first-order valence-corrected chi connectivity index (χ1v) is 7.13. The zero-order chi connectivity index (χ0) is 14.7. The van der Waals surface area contributed by atoms with E-state index in [9.17, 15) is 15.0 Å². The molecule has 0 aromatic carbocycles. The molecule has 4 heteroatoms. The Balaban J connectivity index is 2.14. The van der Waals surface area contributed by atoms with Crippen molar-refractivity contribution in [2.75, 3.05) is 0 Å². The van der Waals surface area contributed by atoms with Crippen LogP contribution in [0, 0.1) is 11.3 Å². The van der Waals surface area contributed by atoms with Crippen LogP contribution in [-0.2, 0) is 9.53 Å². The van der Waals surface area contributed by atoms with E-state index in [1.807, 2.05) is 19.9 Å². The van der Waals surface area contributed by atoms with Gasteiger partial charge in [-0.3, -0.25) is 0 Å². The molecule has 3 rings (SSSR count). The maximum atomic E-state index is 11.9. The van der Waals surface area contributed by atoms with Gasteiger partial charge in [0.1, 0.15) is 5.76 Å². The highest BCUT2D eigenvalue weighted by molar-refractivity contribution is 5.94. The normalized spacial score (nSPS) is 39.9. The minimum absolute atomic E-state index is 0.0865. The topological polar surface area (TPSA) is 66.8 Å². The van der Waals surface area contributed by atoms with Crippen molar-refractivity contribution >= 4 is 5.97 Å². The molecule has 0 aromatic rings. The average Bonchev–Trinajstić information content (AvgIpc) is 2.70. The van der Waals surface area contributed by atoms with Crippen molar-refractivity contribution in [3.63, 3.8) is 0 Å². The Kier molecular flexibility index (Phi) is 2.92. The number of aliphatic hydroxyl groups excluding tert-OH is 2. The lowest BCUT2D eigenvalue weighted by Crippen LogP contribution is -2.46. The van der Waals surface area contributed by atoms with Crippen LogP contribution in [0.1, 0.15) is 33.6 Å². The number of hydrogen-bond acceptors (Lipinski definition) is 4. The van der Waals surface area contributed by atoms with Crippen LogP contribution in [0.15, 0.2) is 34.6 Å². The van der Waals surface area contributed by atoms with Crippen molar-refractivity contribution in [2.24, 2.45) is 11.3 Å². The van der Waals surface area contributed by atoms with Gasteiger partial charge in [0.2, 0.25) is 0 Å². The van der Waals surface area contributed by atoms with E-state index in [1.165, 1.54) is 0 Å². The molecule has 20 heavy (non-hydrogen) atoms. The minimum atomic E-state index is -0.863. The lowest BCUT2D eigenvalue weighted by Gasteiger charge is -2.46. The molecule has 3 aliphatic rings. The first kappa shape index (κ1) is 13.6. The maximum Gasteiger partial charge on any atom is 0.339 e. The number of carbonyl (C=O) groups is 1. The second-order valence-corrected chi connectivity index (χ2v) is 6.19. The average molecular weight is 276 g/mol. The first-order chi connectivity index (χ1) is 9.38. The van der Waals surface area contributed by atoms with Gasteiger partial charge in [-0.15, -0.1) is 0 Å². The summed E-state index contributed by atoms with van der Waals surface area (Å²) in [6.45, 7) is 5.97. The third kappa shape index (κ3) is 1.64. The SMILES string of the molecule is CCC1=C2CC3(C)C(=CC(O)C(O)C3C)C=C2OC1=O. The molecule has 0 amide bonds. The Bertz CT molecular complexity index is 569. The van der Waals surface area contributed by atoms with Crippen LogP contribution in [0.25, 0.3) is 0 Å². The molecule has 2 N–H and O–H groups in total. The third-order valence-electron chi connectivity index (χ3n) is 5.17. The van der Waals surface area contributed by atoms with E-state index < -0.39 is 12.2 Å². The molecule has 0 spiro atoms. The summed E-state index contributed by atoms with van der Waals surface area (Å²) in [6.07, 6.45) is 3.22. The van der Waals surface area contributed by atoms with Crippen molar-refractivity contribution in [3.8, 4) is 0 Å². The highest BCUT2D eigenvalue weighted by Gasteiger charge is 2.49. The Morgan fingerprint density at radius 1 is 1.45 bits per heavy atom. The lowest BCUT2D eigenvalue weighted by atomic mass is 9.60. The molecule has 0 aromatic heterocycles. The molecule has 0 saturated carbocycles. The summed E-state index contributed by atoms with van der Waals surface area (Å²) in [6, 6.07) is 0. The highest BCUT2D eigenvalue weighted by atomic mass is 16.5. The Morgan fingerprint density at radius 3 is 2.80 bits per heavy atom. The monoisotopic (exact) mass is 276 g/mol. The largest absolute Gasteiger partial charge is 0.423 e. The molecular weight excluding hydrogens is 256 g/mol. The maximum absolute atomic E-state index is 11.9. The highest BCUT2D eigenvalue weighted by Crippen LogP contribution is 2.53. The molecule has 0 bridgehead atoms. The molecule has 4 nitrogen and oxygen atoms in total. The van der Waals surface area contributed by atoms with E-state index >= 15 is 0 Å². The summed E-state index contributed by atoms with van der Waals surface area (Å²) < 4.78 is 5.32. The van der Waals surface area contributed by atoms with Gasteiger partial charge in [-0.2, -0.15) is 0 Å². The van der Waals surface area contributed by atoms with E-state index in [1.54, 1.807) is 6.08 Å². The minimum Gasteiger partial charge on any atom is -0.423 e. The van der Waals surface area contributed by atoms with E-state index in [4.69, 9.17) is 4.74 Å². The van der Waals surface area contributed by atoms with Crippen molar-refractivity contribution in [1.29, 1.82) is 0 Å². The van der Waals surface area contributed by atoms with Crippen molar-refractivity contribution in [2.45, 2.75) is 45.8 Å².